The average molecular weight is 648 g/mol. The van der Waals surface area contributed by atoms with Crippen molar-refractivity contribution in [1.82, 2.24) is 0 Å². The summed E-state index contributed by atoms with van der Waals surface area (Å²) in [6.07, 6.45) is -0.0330. The van der Waals surface area contributed by atoms with Gasteiger partial charge >= 0.3 is 0 Å². The SMILES string of the molecule is C=C(N)CCOC(C(COCC/C(N)=N/O)OCCC(C)=N)C(OCC/C(N)=N/O)C(COCCC=NC)OCC/C(N)=N/O. The van der Waals surface area contributed by atoms with Gasteiger partial charge in [0.05, 0.1) is 52.9 Å². The number of nitrogens with two attached hydrogens (primary N) is 4. The first kappa shape index (κ1) is 41.4. The summed E-state index contributed by atoms with van der Waals surface area (Å²) >= 11 is 0. The molecule has 0 aliphatic carbocycles. The third kappa shape index (κ3) is 21.7. The Morgan fingerprint density at radius 3 is 1.56 bits per heavy atom. The topological polar surface area (TPSA) is 293 Å². The Hall–Kier alpha value is -3.55. The molecule has 12 N–H and O–H groups in total. The van der Waals surface area contributed by atoms with Crippen molar-refractivity contribution < 1.29 is 44.0 Å². The van der Waals surface area contributed by atoms with Crippen LogP contribution in [0.2, 0.25) is 0 Å². The van der Waals surface area contributed by atoms with Gasteiger partial charge in [-0.15, -0.1) is 0 Å². The Bertz CT molecular complexity index is 935. The standard InChI is InChI=1S/C27H53N9O9/c1-19(28)5-13-42-22(18-41-12-7-23(30)34-37)26(44-14-6-20(2)29)27(45-16-9-25(32)36-39)21(17-40-11-4-10-33-3)43-15-8-24(31)35-38/h10,21-22,26-28,37-39H,2,4-9,11-18,29H2,1,3H3,(H2,30,34)(H2,31,35)(H2,32,36). The number of nitrogens with zero attached hydrogens (tertiary/aromatic N) is 4. The highest BCUT2D eigenvalue weighted by Crippen LogP contribution is 2.21. The van der Waals surface area contributed by atoms with Crippen molar-refractivity contribution in [2.75, 3.05) is 59.9 Å². The molecule has 0 heterocycles. The number of hydrogen-bond acceptors (Lipinski definition) is 15. The van der Waals surface area contributed by atoms with Gasteiger partial charge in [0.25, 0.3) is 0 Å². The summed E-state index contributed by atoms with van der Waals surface area (Å²) < 4.78 is 36.7. The lowest BCUT2D eigenvalue weighted by atomic mass is 10.0. The molecule has 45 heavy (non-hydrogen) atoms. The van der Waals surface area contributed by atoms with Crippen LogP contribution in [0.5, 0.6) is 0 Å². The molecule has 0 rings (SSSR count). The van der Waals surface area contributed by atoms with Gasteiger partial charge in [0.2, 0.25) is 0 Å². The minimum atomic E-state index is -0.895. The Kier molecular flexibility index (Phi) is 24.7. The second kappa shape index (κ2) is 26.8. The van der Waals surface area contributed by atoms with E-state index in [2.05, 4.69) is 27.0 Å². The molecule has 0 bridgehead atoms. The van der Waals surface area contributed by atoms with E-state index in [4.69, 9.17) is 72.4 Å². The van der Waals surface area contributed by atoms with Crippen molar-refractivity contribution in [2.45, 2.75) is 69.9 Å². The van der Waals surface area contributed by atoms with Gasteiger partial charge in [-0.3, -0.25) is 0 Å². The maximum Gasteiger partial charge on any atom is 0.141 e. The van der Waals surface area contributed by atoms with Crippen LogP contribution >= 0.6 is 0 Å². The molecule has 0 amide bonds. The van der Waals surface area contributed by atoms with Crippen LogP contribution in [0, 0.1) is 5.41 Å². The highest BCUT2D eigenvalue weighted by Gasteiger charge is 2.39. The molecule has 0 radical (unpaired) electrons. The van der Waals surface area contributed by atoms with Crippen LogP contribution in [0.3, 0.4) is 0 Å². The summed E-state index contributed by atoms with van der Waals surface area (Å²) in [4.78, 5) is 3.96. The van der Waals surface area contributed by atoms with Gasteiger partial charge in [-0.25, -0.2) is 0 Å². The third-order valence-corrected chi connectivity index (χ3v) is 5.98. The summed E-state index contributed by atoms with van der Waals surface area (Å²) in [5.74, 6) is -0.0874. The number of ether oxygens (including phenoxy) is 6. The van der Waals surface area contributed by atoms with E-state index < -0.39 is 24.4 Å². The fraction of sp³-hybridized carbons (Fsp3) is 0.741. The summed E-state index contributed by atoms with van der Waals surface area (Å²) in [5.41, 5.74) is 23.6. The number of nitrogens with one attached hydrogen (secondary N) is 1. The number of amidine groups is 3. The summed E-state index contributed by atoms with van der Waals surface area (Å²) in [7, 11) is 1.66. The highest BCUT2D eigenvalue weighted by atomic mass is 16.6. The van der Waals surface area contributed by atoms with Crippen LogP contribution < -0.4 is 22.9 Å². The minimum absolute atomic E-state index is 0.00326. The predicted molar refractivity (Wildman–Crippen MR) is 170 cm³/mol. The van der Waals surface area contributed by atoms with Gasteiger partial charge in [-0.05, 0) is 6.92 Å². The smallest absolute Gasteiger partial charge is 0.141 e. The zero-order valence-electron chi connectivity index (χ0n) is 26.4. The van der Waals surface area contributed by atoms with Gasteiger partial charge in [0, 0.05) is 63.2 Å². The lowest BCUT2D eigenvalue weighted by molar-refractivity contribution is -0.195. The van der Waals surface area contributed by atoms with E-state index in [1.165, 1.54) is 0 Å². The van der Waals surface area contributed by atoms with Crippen molar-refractivity contribution in [2.24, 2.45) is 43.4 Å². The molecule has 0 aromatic heterocycles. The van der Waals surface area contributed by atoms with Crippen molar-refractivity contribution >= 4 is 29.4 Å². The summed E-state index contributed by atoms with van der Waals surface area (Å²) in [6.45, 7) is 6.24. The molecular formula is C27H53N9O9. The van der Waals surface area contributed by atoms with Crippen molar-refractivity contribution in [3.8, 4) is 0 Å². The molecular weight excluding hydrogens is 594 g/mol. The first-order valence-corrected chi connectivity index (χ1v) is 14.5. The van der Waals surface area contributed by atoms with E-state index in [0.717, 1.165) is 0 Å². The Morgan fingerprint density at radius 2 is 1.11 bits per heavy atom. The zero-order chi connectivity index (χ0) is 33.9. The third-order valence-electron chi connectivity index (χ3n) is 5.98. The van der Waals surface area contributed by atoms with Crippen molar-refractivity contribution in [1.29, 1.82) is 5.41 Å². The average Bonchev–Trinajstić information content (AvgIpc) is 3.01. The van der Waals surface area contributed by atoms with E-state index in [1.54, 1.807) is 20.2 Å². The molecule has 0 saturated carbocycles. The normalized spacial score (nSPS) is 15.6. The molecule has 260 valence electrons. The molecule has 18 nitrogen and oxygen atoms in total. The van der Waals surface area contributed by atoms with E-state index in [9.17, 15) is 0 Å². The predicted octanol–water partition coefficient (Wildman–Crippen LogP) is 0.353. The molecule has 4 unspecified atom stereocenters. The van der Waals surface area contributed by atoms with Crippen LogP contribution in [0.4, 0.5) is 0 Å². The fourth-order valence-corrected chi connectivity index (χ4v) is 3.60. The quantitative estimate of drug-likeness (QED) is 0.0179. The first-order valence-electron chi connectivity index (χ1n) is 14.5. The maximum absolute atomic E-state index is 9.05. The number of oxime groups is 3. The van der Waals surface area contributed by atoms with Gasteiger partial charge in [-0.2, -0.15) is 0 Å². The van der Waals surface area contributed by atoms with Crippen LogP contribution in [-0.2, 0) is 28.4 Å². The minimum Gasteiger partial charge on any atom is -0.409 e. The Labute approximate surface area is 264 Å². The molecule has 4 atom stereocenters. The zero-order valence-corrected chi connectivity index (χ0v) is 26.4. The number of hydrogen-bond donors (Lipinski definition) is 8. The second-order valence-corrected chi connectivity index (χ2v) is 9.83. The molecule has 18 heteroatoms. The first-order chi connectivity index (χ1) is 21.6. The van der Waals surface area contributed by atoms with E-state index in [1.807, 2.05) is 0 Å². The lowest BCUT2D eigenvalue weighted by Crippen LogP contribution is -2.53. The number of aliphatic imine (C=N–C) groups is 1. The van der Waals surface area contributed by atoms with Crippen LogP contribution in [-0.4, -0.2) is 129 Å². The Morgan fingerprint density at radius 1 is 0.689 bits per heavy atom. The van der Waals surface area contributed by atoms with Gasteiger partial charge in [-0.1, -0.05) is 22.0 Å². The monoisotopic (exact) mass is 647 g/mol. The lowest BCUT2D eigenvalue weighted by Gasteiger charge is -2.37. The fourth-order valence-electron chi connectivity index (χ4n) is 3.60. The second-order valence-electron chi connectivity index (χ2n) is 9.83. The van der Waals surface area contributed by atoms with E-state index >= 15 is 0 Å². The summed E-state index contributed by atoms with van der Waals surface area (Å²) in [6, 6.07) is 0. The molecule has 0 aromatic carbocycles. The van der Waals surface area contributed by atoms with Crippen LogP contribution in [0.25, 0.3) is 0 Å². The van der Waals surface area contributed by atoms with Crippen LogP contribution in [0.1, 0.15) is 45.4 Å². The molecule has 0 aliphatic rings. The largest absolute Gasteiger partial charge is 0.409 e. The van der Waals surface area contributed by atoms with E-state index in [0.29, 0.717) is 37.3 Å². The molecule has 0 aliphatic heterocycles. The summed E-state index contributed by atoms with van der Waals surface area (Å²) in [5, 5.41) is 43.7. The molecule has 0 spiro atoms. The van der Waals surface area contributed by atoms with Crippen LogP contribution in [0.15, 0.2) is 32.7 Å². The molecule has 0 aromatic rings. The van der Waals surface area contributed by atoms with Crippen molar-refractivity contribution in [3.63, 3.8) is 0 Å². The van der Waals surface area contributed by atoms with Gasteiger partial charge in [0.15, 0.2) is 0 Å². The van der Waals surface area contributed by atoms with Gasteiger partial charge in [0.1, 0.15) is 41.9 Å². The van der Waals surface area contributed by atoms with Crippen molar-refractivity contribution in [3.05, 3.63) is 12.3 Å². The molecule has 0 fully saturated rings. The van der Waals surface area contributed by atoms with Gasteiger partial charge < -0.3 is 77.4 Å². The van der Waals surface area contributed by atoms with E-state index in [-0.39, 0.29) is 83.0 Å². The maximum atomic E-state index is 9.05. The highest BCUT2D eigenvalue weighted by molar-refractivity contribution is 5.80. The molecule has 0 saturated heterocycles. The number of rotatable bonds is 29. The Balaban J connectivity index is 6.50.